The SMILES string of the molecule is CCOCCCNC(=S)NCc1noc(C)n1. The van der Waals surface area contributed by atoms with Crippen LogP contribution in [0.5, 0.6) is 0 Å². The Bertz CT molecular complexity index is 343. The Kier molecular flexibility index (Phi) is 6.49. The lowest BCUT2D eigenvalue weighted by Crippen LogP contribution is -2.35. The van der Waals surface area contributed by atoms with Crippen molar-refractivity contribution in [3.05, 3.63) is 11.7 Å². The highest BCUT2D eigenvalue weighted by Crippen LogP contribution is 1.93. The summed E-state index contributed by atoms with van der Waals surface area (Å²) < 4.78 is 10.1. The molecule has 17 heavy (non-hydrogen) atoms. The molecule has 1 heterocycles. The van der Waals surface area contributed by atoms with Gasteiger partial charge in [-0.05, 0) is 25.6 Å². The van der Waals surface area contributed by atoms with Gasteiger partial charge < -0.3 is 19.9 Å². The molecule has 1 aromatic rings. The summed E-state index contributed by atoms with van der Waals surface area (Å²) in [5.74, 6) is 1.15. The van der Waals surface area contributed by atoms with E-state index in [4.69, 9.17) is 21.5 Å². The molecule has 0 radical (unpaired) electrons. The monoisotopic (exact) mass is 258 g/mol. The molecule has 0 spiro atoms. The van der Waals surface area contributed by atoms with E-state index in [2.05, 4.69) is 20.8 Å². The highest BCUT2D eigenvalue weighted by molar-refractivity contribution is 7.80. The molecule has 0 amide bonds. The van der Waals surface area contributed by atoms with Crippen molar-refractivity contribution in [1.29, 1.82) is 0 Å². The summed E-state index contributed by atoms with van der Waals surface area (Å²) in [6.07, 6.45) is 0.928. The van der Waals surface area contributed by atoms with Gasteiger partial charge in [-0.1, -0.05) is 5.16 Å². The number of aromatic nitrogens is 2. The summed E-state index contributed by atoms with van der Waals surface area (Å²) in [6, 6.07) is 0. The van der Waals surface area contributed by atoms with E-state index < -0.39 is 0 Å². The highest BCUT2D eigenvalue weighted by Gasteiger charge is 2.02. The number of nitrogens with one attached hydrogen (secondary N) is 2. The van der Waals surface area contributed by atoms with Gasteiger partial charge in [-0.3, -0.25) is 0 Å². The van der Waals surface area contributed by atoms with Crippen LogP contribution in [0.25, 0.3) is 0 Å². The first-order valence-corrected chi connectivity index (χ1v) is 6.02. The number of thiocarbonyl (C=S) groups is 1. The minimum atomic E-state index is 0.467. The van der Waals surface area contributed by atoms with Crippen LogP contribution in [-0.4, -0.2) is 35.0 Å². The zero-order valence-corrected chi connectivity index (χ0v) is 11.0. The van der Waals surface area contributed by atoms with E-state index in [1.54, 1.807) is 6.92 Å². The van der Waals surface area contributed by atoms with Gasteiger partial charge in [-0.2, -0.15) is 4.98 Å². The lowest BCUT2D eigenvalue weighted by molar-refractivity contribution is 0.145. The Morgan fingerprint density at radius 3 is 2.94 bits per heavy atom. The fourth-order valence-corrected chi connectivity index (χ4v) is 1.33. The van der Waals surface area contributed by atoms with E-state index in [1.165, 1.54) is 0 Å². The molecule has 0 aliphatic rings. The van der Waals surface area contributed by atoms with Crippen LogP contribution < -0.4 is 10.6 Å². The van der Waals surface area contributed by atoms with Crippen LogP contribution in [0.2, 0.25) is 0 Å². The zero-order chi connectivity index (χ0) is 12.5. The second-order valence-corrected chi connectivity index (χ2v) is 3.80. The highest BCUT2D eigenvalue weighted by atomic mass is 32.1. The third-order valence-corrected chi connectivity index (χ3v) is 2.22. The van der Waals surface area contributed by atoms with E-state index in [-0.39, 0.29) is 0 Å². The summed E-state index contributed by atoms with van der Waals surface area (Å²) in [4.78, 5) is 4.06. The molecule has 6 nitrogen and oxygen atoms in total. The van der Waals surface area contributed by atoms with Crippen LogP contribution in [0.4, 0.5) is 0 Å². The molecular weight excluding hydrogens is 240 g/mol. The minimum absolute atomic E-state index is 0.467. The maximum Gasteiger partial charge on any atom is 0.223 e. The largest absolute Gasteiger partial charge is 0.382 e. The fraction of sp³-hybridized carbons (Fsp3) is 0.700. The van der Waals surface area contributed by atoms with Crippen molar-refractivity contribution in [3.63, 3.8) is 0 Å². The van der Waals surface area contributed by atoms with Gasteiger partial charge in [0.25, 0.3) is 0 Å². The predicted octanol–water partition coefficient (Wildman–Crippen LogP) is 0.769. The molecule has 0 aliphatic carbocycles. The average molecular weight is 258 g/mol. The van der Waals surface area contributed by atoms with Crippen molar-refractivity contribution in [2.24, 2.45) is 0 Å². The van der Waals surface area contributed by atoms with Crippen molar-refractivity contribution in [2.75, 3.05) is 19.8 Å². The van der Waals surface area contributed by atoms with E-state index in [0.29, 0.717) is 23.4 Å². The molecule has 96 valence electrons. The van der Waals surface area contributed by atoms with Crippen molar-refractivity contribution >= 4 is 17.3 Å². The van der Waals surface area contributed by atoms with Gasteiger partial charge in [-0.25, -0.2) is 0 Å². The Morgan fingerprint density at radius 2 is 2.29 bits per heavy atom. The molecule has 0 bridgehead atoms. The van der Waals surface area contributed by atoms with Gasteiger partial charge in [0.1, 0.15) is 0 Å². The number of aryl methyl sites for hydroxylation is 1. The molecule has 7 heteroatoms. The summed E-state index contributed by atoms with van der Waals surface area (Å²) in [6.45, 7) is 6.48. The third-order valence-electron chi connectivity index (χ3n) is 1.93. The molecular formula is C10H18N4O2S. The summed E-state index contributed by atoms with van der Waals surface area (Å²) in [5, 5.41) is 10.4. The quantitative estimate of drug-likeness (QED) is 0.553. The van der Waals surface area contributed by atoms with Crippen LogP contribution in [0.15, 0.2) is 4.52 Å². The van der Waals surface area contributed by atoms with Crippen LogP contribution in [-0.2, 0) is 11.3 Å². The molecule has 0 unspecified atom stereocenters. The predicted molar refractivity (Wildman–Crippen MR) is 67.6 cm³/mol. The molecule has 1 rings (SSSR count). The first-order chi connectivity index (χ1) is 8.22. The molecule has 0 aromatic carbocycles. The van der Waals surface area contributed by atoms with E-state index >= 15 is 0 Å². The van der Waals surface area contributed by atoms with Gasteiger partial charge in [0.15, 0.2) is 10.9 Å². The topological polar surface area (TPSA) is 72.2 Å². The second-order valence-electron chi connectivity index (χ2n) is 3.39. The Balaban J connectivity index is 2.05. The molecule has 2 N–H and O–H groups in total. The van der Waals surface area contributed by atoms with Crippen LogP contribution >= 0.6 is 12.2 Å². The molecule has 0 saturated carbocycles. The average Bonchev–Trinajstić information content (AvgIpc) is 2.72. The van der Waals surface area contributed by atoms with E-state index in [9.17, 15) is 0 Å². The van der Waals surface area contributed by atoms with Gasteiger partial charge in [0, 0.05) is 26.7 Å². The Hall–Kier alpha value is -1.21. The zero-order valence-electron chi connectivity index (χ0n) is 10.2. The van der Waals surface area contributed by atoms with Crippen molar-refractivity contribution in [1.82, 2.24) is 20.8 Å². The Labute approximate surface area is 106 Å². The number of nitrogens with zero attached hydrogens (tertiary/aromatic N) is 2. The lowest BCUT2D eigenvalue weighted by atomic mass is 10.4. The van der Waals surface area contributed by atoms with Crippen LogP contribution in [0, 0.1) is 6.92 Å². The van der Waals surface area contributed by atoms with Crippen molar-refractivity contribution < 1.29 is 9.26 Å². The Morgan fingerprint density at radius 1 is 1.47 bits per heavy atom. The maximum atomic E-state index is 5.21. The van der Waals surface area contributed by atoms with Crippen LogP contribution in [0.1, 0.15) is 25.1 Å². The molecule has 0 saturated heterocycles. The van der Waals surface area contributed by atoms with Crippen molar-refractivity contribution in [2.45, 2.75) is 26.8 Å². The van der Waals surface area contributed by atoms with Crippen molar-refractivity contribution in [3.8, 4) is 0 Å². The van der Waals surface area contributed by atoms with E-state index in [1.807, 2.05) is 6.92 Å². The summed E-state index contributed by atoms with van der Waals surface area (Å²) in [5.41, 5.74) is 0. The number of rotatable bonds is 7. The fourth-order valence-electron chi connectivity index (χ4n) is 1.16. The smallest absolute Gasteiger partial charge is 0.223 e. The first kappa shape index (κ1) is 13.9. The first-order valence-electron chi connectivity index (χ1n) is 5.61. The number of hydrogen-bond acceptors (Lipinski definition) is 5. The summed E-state index contributed by atoms with van der Waals surface area (Å²) >= 11 is 5.09. The molecule has 0 aliphatic heterocycles. The second kappa shape index (κ2) is 7.97. The van der Waals surface area contributed by atoms with Gasteiger partial charge in [-0.15, -0.1) is 0 Å². The number of hydrogen-bond donors (Lipinski definition) is 2. The van der Waals surface area contributed by atoms with Gasteiger partial charge >= 0.3 is 0 Å². The van der Waals surface area contributed by atoms with E-state index in [0.717, 1.165) is 26.2 Å². The minimum Gasteiger partial charge on any atom is -0.382 e. The van der Waals surface area contributed by atoms with Crippen LogP contribution in [0.3, 0.4) is 0 Å². The lowest BCUT2D eigenvalue weighted by Gasteiger charge is -2.08. The number of ether oxygens (including phenoxy) is 1. The van der Waals surface area contributed by atoms with Gasteiger partial charge in [0.2, 0.25) is 5.89 Å². The standard InChI is InChI=1S/C10H18N4O2S/c1-3-15-6-4-5-11-10(17)12-7-9-13-8(2)16-14-9/h3-7H2,1-2H3,(H2,11,12,17). The summed E-state index contributed by atoms with van der Waals surface area (Å²) in [7, 11) is 0. The normalized spacial score (nSPS) is 10.2. The van der Waals surface area contributed by atoms with Gasteiger partial charge in [0.05, 0.1) is 6.54 Å². The third kappa shape index (κ3) is 6.18. The molecule has 1 aromatic heterocycles. The molecule has 0 atom stereocenters. The molecule has 0 fully saturated rings. The maximum absolute atomic E-state index is 5.21.